The lowest BCUT2D eigenvalue weighted by molar-refractivity contribution is -0.0876. The molecule has 0 unspecified atom stereocenters. The summed E-state index contributed by atoms with van der Waals surface area (Å²) in [5, 5.41) is 0. The minimum absolute atomic E-state index is 0.0248. The van der Waals surface area contributed by atoms with Gasteiger partial charge in [0.25, 0.3) is 5.92 Å². The van der Waals surface area contributed by atoms with Gasteiger partial charge in [0.2, 0.25) is 10.0 Å². The molecule has 0 saturated heterocycles. The lowest BCUT2D eigenvalue weighted by Gasteiger charge is -2.35. The van der Waals surface area contributed by atoms with E-state index in [1.807, 2.05) is 19.9 Å². The van der Waals surface area contributed by atoms with Gasteiger partial charge in [-0.1, -0.05) is 6.07 Å². The average Bonchev–Trinajstić information content (AvgIpc) is 2.67. The smallest absolute Gasteiger partial charge is 0.251 e. The minimum Gasteiger partial charge on any atom is -0.382 e. The van der Waals surface area contributed by atoms with Crippen molar-refractivity contribution in [3.63, 3.8) is 0 Å². The summed E-state index contributed by atoms with van der Waals surface area (Å²) in [5.41, 5.74) is 9.81. The summed E-state index contributed by atoms with van der Waals surface area (Å²) < 4.78 is 53.9. The predicted octanol–water partition coefficient (Wildman–Crippen LogP) is 3.48. The molecule has 0 radical (unpaired) electrons. The van der Waals surface area contributed by atoms with Crippen LogP contribution in [0.25, 0.3) is 22.5 Å². The number of nitrogens with zero attached hydrogens (tertiary/aromatic N) is 3. The van der Waals surface area contributed by atoms with Crippen molar-refractivity contribution >= 4 is 15.8 Å². The van der Waals surface area contributed by atoms with Gasteiger partial charge >= 0.3 is 0 Å². The minimum atomic E-state index is -3.96. The SMILES string of the molecule is Cc1cc(-c2nc(-c3cc(S(=O)(=O)NC4CC(F)(F)C4)ccc3C)cnc2N)ccn1. The van der Waals surface area contributed by atoms with Crippen LogP contribution >= 0.6 is 0 Å². The molecule has 1 aliphatic carbocycles. The highest BCUT2D eigenvalue weighted by atomic mass is 32.2. The standard InChI is InChI=1S/C21H21F2N5O2S/c1-12-3-4-16(31(29,30)28-15-9-21(22,23)10-15)8-17(12)18-11-26-20(24)19(27-18)14-5-6-25-13(2)7-14/h3-8,11,15,28H,9-10H2,1-2H3,(H2,24,26). The second kappa shape index (κ2) is 7.61. The van der Waals surface area contributed by atoms with Crippen LogP contribution in [0.4, 0.5) is 14.6 Å². The summed E-state index contributed by atoms with van der Waals surface area (Å²) in [5.74, 6) is -2.57. The average molecular weight is 445 g/mol. The Kier molecular flexibility index (Phi) is 5.22. The van der Waals surface area contributed by atoms with Gasteiger partial charge in [0, 0.05) is 41.9 Å². The Morgan fingerprint density at radius 1 is 1.13 bits per heavy atom. The van der Waals surface area contributed by atoms with E-state index in [1.165, 1.54) is 18.3 Å². The van der Waals surface area contributed by atoms with Crippen molar-refractivity contribution in [1.82, 2.24) is 19.7 Å². The van der Waals surface area contributed by atoms with Crippen molar-refractivity contribution in [2.24, 2.45) is 0 Å². The maximum atomic E-state index is 13.1. The first-order valence-corrected chi connectivity index (χ1v) is 11.1. The molecule has 7 nitrogen and oxygen atoms in total. The monoisotopic (exact) mass is 445 g/mol. The van der Waals surface area contributed by atoms with Gasteiger partial charge in [-0.2, -0.15) is 0 Å². The quantitative estimate of drug-likeness (QED) is 0.622. The molecule has 4 rings (SSSR count). The zero-order valence-corrected chi connectivity index (χ0v) is 17.7. The summed E-state index contributed by atoms with van der Waals surface area (Å²) in [7, 11) is -3.96. The van der Waals surface area contributed by atoms with Gasteiger partial charge < -0.3 is 5.73 Å². The number of halogens is 2. The third kappa shape index (κ3) is 4.40. The number of benzene rings is 1. The maximum Gasteiger partial charge on any atom is 0.251 e. The maximum absolute atomic E-state index is 13.1. The first-order chi connectivity index (χ1) is 14.5. The largest absolute Gasteiger partial charge is 0.382 e. The van der Waals surface area contributed by atoms with E-state index in [4.69, 9.17) is 5.73 Å². The third-order valence-electron chi connectivity index (χ3n) is 5.18. The highest BCUT2D eigenvalue weighted by molar-refractivity contribution is 7.89. The van der Waals surface area contributed by atoms with E-state index >= 15 is 0 Å². The van der Waals surface area contributed by atoms with Crippen LogP contribution in [0.5, 0.6) is 0 Å². The number of nitrogens with two attached hydrogens (primary N) is 1. The van der Waals surface area contributed by atoms with Crippen LogP contribution in [0.1, 0.15) is 24.1 Å². The molecular weight excluding hydrogens is 424 g/mol. The zero-order chi connectivity index (χ0) is 22.4. The first-order valence-electron chi connectivity index (χ1n) is 9.61. The molecule has 0 spiro atoms. The van der Waals surface area contributed by atoms with Gasteiger partial charge in [0.15, 0.2) is 0 Å². The van der Waals surface area contributed by atoms with Gasteiger partial charge in [-0.3, -0.25) is 4.98 Å². The first kappa shape index (κ1) is 21.3. The molecule has 1 aromatic carbocycles. The number of aromatic nitrogens is 3. The number of hydrogen-bond donors (Lipinski definition) is 2. The number of sulfonamides is 1. The summed E-state index contributed by atoms with van der Waals surface area (Å²) >= 11 is 0. The molecule has 162 valence electrons. The molecule has 1 saturated carbocycles. The molecule has 1 fully saturated rings. The van der Waals surface area contributed by atoms with Crippen LogP contribution < -0.4 is 10.5 Å². The number of hydrogen-bond acceptors (Lipinski definition) is 6. The van der Waals surface area contributed by atoms with E-state index < -0.39 is 34.8 Å². The predicted molar refractivity (Wildman–Crippen MR) is 113 cm³/mol. The fraction of sp³-hybridized carbons (Fsp3) is 0.286. The Balaban J connectivity index is 1.70. The summed E-state index contributed by atoms with van der Waals surface area (Å²) in [6.45, 7) is 3.67. The number of anilines is 1. The summed E-state index contributed by atoms with van der Waals surface area (Å²) in [6.07, 6.45) is 2.13. The Labute approximate surface area is 178 Å². The van der Waals surface area contributed by atoms with E-state index in [2.05, 4.69) is 19.7 Å². The van der Waals surface area contributed by atoms with Crippen molar-refractivity contribution in [1.29, 1.82) is 0 Å². The molecule has 3 N–H and O–H groups in total. The van der Waals surface area contributed by atoms with Crippen LogP contribution in [-0.2, 0) is 10.0 Å². The molecular formula is C21H21F2N5O2S. The summed E-state index contributed by atoms with van der Waals surface area (Å²) in [6, 6.07) is 7.38. The number of aryl methyl sites for hydroxylation is 2. The Morgan fingerprint density at radius 3 is 2.55 bits per heavy atom. The second-order valence-corrected chi connectivity index (χ2v) is 9.45. The van der Waals surface area contributed by atoms with Crippen molar-refractivity contribution in [2.45, 2.75) is 43.5 Å². The molecule has 0 aliphatic heterocycles. The fourth-order valence-corrected chi connectivity index (χ4v) is 4.77. The van der Waals surface area contributed by atoms with E-state index in [1.54, 1.807) is 18.3 Å². The molecule has 0 amide bonds. The van der Waals surface area contributed by atoms with E-state index in [0.29, 0.717) is 17.0 Å². The van der Waals surface area contributed by atoms with Crippen LogP contribution in [0.2, 0.25) is 0 Å². The Bertz CT molecular complexity index is 1260. The van der Waals surface area contributed by atoms with Crippen molar-refractivity contribution < 1.29 is 17.2 Å². The van der Waals surface area contributed by atoms with Gasteiger partial charge in [-0.05, 0) is 43.7 Å². The van der Waals surface area contributed by atoms with Crippen LogP contribution in [0, 0.1) is 13.8 Å². The molecule has 2 aromatic heterocycles. The van der Waals surface area contributed by atoms with Gasteiger partial charge in [-0.25, -0.2) is 31.9 Å². The van der Waals surface area contributed by atoms with E-state index in [-0.39, 0.29) is 10.7 Å². The van der Waals surface area contributed by atoms with Crippen LogP contribution in [0.15, 0.2) is 47.6 Å². The highest BCUT2D eigenvalue weighted by Crippen LogP contribution is 2.38. The third-order valence-corrected chi connectivity index (χ3v) is 6.70. The topological polar surface area (TPSA) is 111 Å². The van der Waals surface area contributed by atoms with E-state index in [0.717, 1.165) is 16.8 Å². The zero-order valence-electron chi connectivity index (χ0n) is 16.9. The van der Waals surface area contributed by atoms with Gasteiger partial charge in [0.05, 0.1) is 16.8 Å². The van der Waals surface area contributed by atoms with E-state index in [9.17, 15) is 17.2 Å². The number of rotatable bonds is 5. The number of nitrogen functional groups attached to an aromatic ring is 1. The molecule has 3 aromatic rings. The summed E-state index contributed by atoms with van der Waals surface area (Å²) in [4.78, 5) is 13.0. The Hall–Kier alpha value is -2.98. The highest BCUT2D eigenvalue weighted by Gasteiger charge is 2.46. The second-order valence-electron chi connectivity index (χ2n) is 7.73. The Morgan fingerprint density at radius 2 is 1.87 bits per heavy atom. The molecule has 0 bridgehead atoms. The molecule has 0 atom stereocenters. The normalized spacial score (nSPS) is 16.1. The molecule has 1 aliphatic rings. The molecule has 2 heterocycles. The lowest BCUT2D eigenvalue weighted by atomic mass is 9.89. The number of alkyl halides is 2. The van der Waals surface area contributed by atoms with Crippen molar-refractivity contribution in [2.75, 3.05) is 5.73 Å². The number of pyridine rings is 1. The number of nitrogens with one attached hydrogen (secondary N) is 1. The van der Waals surface area contributed by atoms with Crippen molar-refractivity contribution in [3.8, 4) is 22.5 Å². The van der Waals surface area contributed by atoms with Crippen LogP contribution in [0.3, 0.4) is 0 Å². The lowest BCUT2D eigenvalue weighted by Crippen LogP contribution is -2.50. The van der Waals surface area contributed by atoms with Gasteiger partial charge in [0.1, 0.15) is 11.5 Å². The van der Waals surface area contributed by atoms with Crippen LogP contribution in [-0.4, -0.2) is 35.3 Å². The van der Waals surface area contributed by atoms with Gasteiger partial charge in [-0.15, -0.1) is 0 Å². The molecule has 10 heteroatoms. The fourth-order valence-electron chi connectivity index (χ4n) is 3.51. The molecule has 31 heavy (non-hydrogen) atoms. The van der Waals surface area contributed by atoms with Crippen molar-refractivity contribution in [3.05, 3.63) is 54.0 Å².